The van der Waals surface area contributed by atoms with E-state index in [1.54, 1.807) is 5.38 Å². The number of aromatic nitrogens is 2. The molecule has 94 valence electrons. The van der Waals surface area contributed by atoms with Crippen molar-refractivity contribution in [2.75, 3.05) is 7.05 Å². The first kappa shape index (κ1) is 12.7. The van der Waals surface area contributed by atoms with Crippen LogP contribution in [0.2, 0.25) is 5.02 Å². The number of hydrogen-bond donors (Lipinski definition) is 1. The highest BCUT2D eigenvalue weighted by Crippen LogP contribution is 2.31. The maximum atomic E-state index is 13.0. The summed E-state index contributed by atoms with van der Waals surface area (Å²) in [5.41, 5.74) is 0.817. The van der Waals surface area contributed by atoms with Crippen molar-refractivity contribution in [1.82, 2.24) is 15.3 Å². The molecule has 0 aliphatic carbocycles. The van der Waals surface area contributed by atoms with Crippen molar-refractivity contribution >= 4 is 29.0 Å². The summed E-state index contributed by atoms with van der Waals surface area (Å²) in [6.07, 6.45) is 0.577. The van der Waals surface area contributed by atoms with Crippen molar-refractivity contribution in [3.05, 3.63) is 28.6 Å². The molecule has 1 amide bonds. The maximum absolute atomic E-state index is 13.0. The van der Waals surface area contributed by atoms with Crippen molar-refractivity contribution in [2.45, 2.75) is 0 Å². The van der Waals surface area contributed by atoms with Gasteiger partial charge in [0, 0.05) is 30.3 Å². The first-order chi connectivity index (χ1) is 8.60. The summed E-state index contributed by atoms with van der Waals surface area (Å²) in [5, 5.41) is 4.32. The van der Waals surface area contributed by atoms with E-state index in [4.69, 9.17) is 16.3 Å². The molecule has 2 rings (SSSR count). The van der Waals surface area contributed by atoms with Crippen LogP contribution in [0, 0.1) is 5.95 Å². The minimum absolute atomic E-state index is 0.151. The number of ether oxygens (including phenoxy) is 1. The number of halogens is 2. The Labute approximate surface area is 111 Å². The van der Waals surface area contributed by atoms with Gasteiger partial charge in [-0.05, 0) is 0 Å². The molecule has 0 aliphatic rings. The van der Waals surface area contributed by atoms with Gasteiger partial charge < -0.3 is 10.1 Å². The van der Waals surface area contributed by atoms with Crippen LogP contribution in [-0.2, 0) is 0 Å². The van der Waals surface area contributed by atoms with Crippen molar-refractivity contribution in [2.24, 2.45) is 0 Å². The largest absolute Gasteiger partial charge is 0.414 e. The third kappa shape index (κ3) is 2.74. The lowest BCUT2D eigenvalue weighted by Crippen LogP contribution is -2.21. The molecule has 1 N–H and O–H groups in total. The van der Waals surface area contributed by atoms with Gasteiger partial charge in [-0.3, -0.25) is 0 Å². The molecule has 2 heterocycles. The van der Waals surface area contributed by atoms with Crippen LogP contribution < -0.4 is 10.1 Å². The SMILES string of the molecule is CNC(=O)Oc1nc(-c2cc(F)ncc2Cl)cs1. The minimum atomic E-state index is -0.656. The van der Waals surface area contributed by atoms with Crippen LogP contribution in [0.15, 0.2) is 17.6 Å². The molecule has 18 heavy (non-hydrogen) atoms. The Morgan fingerprint density at radius 2 is 2.39 bits per heavy atom. The summed E-state index contributed by atoms with van der Waals surface area (Å²) in [7, 11) is 1.44. The van der Waals surface area contributed by atoms with Gasteiger partial charge in [-0.2, -0.15) is 4.39 Å². The highest BCUT2D eigenvalue weighted by Gasteiger charge is 2.12. The Balaban J connectivity index is 2.29. The van der Waals surface area contributed by atoms with Crippen LogP contribution in [-0.4, -0.2) is 23.1 Å². The number of pyridine rings is 1. The number of amides is 1. The fraction of sp³-hybridized carbons (Fsp3) is 0.100. The summed E-state index contributed by atoms with van der Waals surface area (Å²) < 4.78 is 17.9. The second-order valence-corrected chi connectivity index (χ2v) is 4.35. The summed E-state index contributed by atoms with van der Waals surface area (Å²) >= 11 is 7.00. The number of carbonyl (C=O) groups excluding carboxylic acids is 1. The molecular formula is C10H7ClFN3O2S. The average molecular weight is 288 g/mol. The van der Waals surface area contributed by atoms with Gasteiger partial charge >= 0.3 is 6.09 Å². The number of hydrogen-bond acceptors (Lipinski definition) is 5. The number of carbonyl (C=O) groups is 1. The second-order valence-electron chi connectivity index (χ2n) is 3.13. The molecule has 0 aromatic carbocycles. The van der Waals surface area contributed by atoms with E-state index in [1.165, 1.54) is 19.3 Å². The Morgan fingerprint density at radius 1 is 1.61 bits per heavy atom. The zero-order valence-corrected chi connectivity index (χ0v) is 10.7. The molecule has 0 aliphatic heterocycles. The molecule has 8 heteroatoms. The number of thiazole rings is 1. The lowest BCUT2D eigenvalue weighted by molar-refractivity contribution is 0.203. The van der Waals surface area contributed by atoms with E-state index in [0.717, 1.165) is 11.3 Å². The van der Waals surface area contributed by atoms with E-state index >= 15 is 0 Å². The van der Waals surface area contributed by atoms with Crippen LogP contribution in [0.5, 0.6) is 5.19 Å². The number of nitrogens with one attached hydrogen (secondary N) is 1. The predicted molar refractivity (Wildman–Crippen MR) is 65.4 cm³/mol. The fourth-order valence-corrected chi connectivity index (χ4v) is 2.03. The monoisotopic (exact) mass is 287 g/mol. The lowest BCUT2D eigenvalue weighted by atomic mass is 10.2. The molecule has 0 spiro atoms. The standard InChI is InChI=1S/C10H7ClFN3O2S/c1-13-9(16)17-10-15-7(4-18-10)5-2-8(12)14-3-6(5)11/h2-4H,1H3,(H,13,16). The van der Waals surface area contributed by atoms with Crippen LogP contribution >= 0.6 is 22.9 Å². The van der Waals surface area contributed by atoms with Crippen molar-refractivity contribution in [1.29, 1.82) is 0 Å². The van der Waals surface area contributed by atoms with Gasteiger partial charge in [0.25, 0.3) is 5.19 Å². The second kappa shape index (κ2) is 5.28. The van der Waals surface area contributed by atoms with E-state index in [1.807, 2.05) is 0 Å². The normalized spacial score (nSPS) is 10.2. The molecular weight excluding hydrogens is 281 g/mol. The molecule has 0 bridgehead atoms. The molecule has 2 aromatic heterocycles. The quantitative estimate of drug-likeness (QED) is 0.863. The smallest absolute Gasteiger partial charge is 0.381 e. The molecule has 0 saturated carbocycles. The Morgan fingerprint density at radius 3 is 3.11 bits per heavy atom. The molecule has 0 fully saturated rings. The topological polar surface area (TPSA) is 64.1 Å². The Bertz CT molecular complexity index is 590. The fourth-order valence-electron chi connectivity index (χ4n) is 1.17. The summed E-state index contributed by atoms with van der Waals surface area (Å²) in [4.78, 5) is 18.4. The third-order valence-electron chi connectivity index (χ3n) is 1.97. The Hall–Kier alpha value is -1.73. The van der Waals surface area contributed by atoms with Crippen LogP contribution in [0.25, 0.3) is 11.3 Å². The minimum Gasteiger partial charge on any atom is -0.381 e. The third-order valence-corrected chi connectivity index (χ3v) is 2.98. The van der Waals surface area contributed by atoms with Crippen molar-refractivity contribution in [3.8, 4) is 16.5 Å². The first-order valence-corrected chi connectivity index (χ1v) is 6.02. The van der Waals surface area contributed by atoms with Gasteiger partial charge in [-0.15, -0.1) is 0 Å². The molecule has 0 radical (unpaired) electrons. The highest BCUT2D eigenvalue weighted by molar-refractivity contribution is 7.11. The van der Waals surface area contributed by atoms with E-state index in [-0.39, 0.29) is 10.2 Å². The predicted octanol–water partition coefficient (Wildman–Crippen LogP) is 2.72. The van der Waals surface area contributed by atoms with Gasteiger partial charge in [0.15, 0.2) is 0 Å². The summed E-state index contributed by atoms with van der Waals surface area (Å²) in [6.45, 7) is 0. The summed E-state index contributed by atoms with van der Waals surface area (Å²) in [6, 6.07) is 1.17. The van der Waals surface area contributed by atoms with E-state index in [2.05, 4.69) is 15.3 Å². The van der Waals surface area contributed by atoms with E-state index < -0.39 is 12.0 Å². The zero-order chi connectivity index (χ0) is 13.1. The van der Waals surface area contributed by atoms with Gasteiger partial charge in [0.1, 0.15) is 0 Å². The molecule has 5 nitrogen and oxygen atoms in total. The van der Waals surface area contributed by atoms with Gasteiger partial charge in [0.2, 0.25) is 5.95 Å². The first-order valence-electron chi connectivity index (χ1n) is 4.76. The van der Waals surface area contributed by atoms with E-state index in [0.29, 0.717) is 11.3 Å². The molecule has 0 unspecified atom stereocenters. The molecule has 0 saturated heterocycles. The highest BCUT2D eigenvalue weighted by atomic mass is 35.5. The van der Waals surface area contributed by atoms with Gasteiger partial charge in [-0.1, -0.05) is 22.9 Å². The van der Waals surface area contributed by atoms with Crippen molar-refractivity contribution in [3.63, 3.8) is 0 Å². The van der Waals surface area contributed by atoms with Crippen molar-refractivity contribution < 1.29 is 13.9 Å². The van der Waals surface area contributed by atoms with Crippen LogP contribution in [0.4, 0.5) is 9.18 Å². The lowest BCUT2D eigenvalue weighted by Gasteiger charge is -2.00. The average Bonchev–Trinajstić information content (AvgIpc) is 2.80. The van der Waals surface area contributed by atoms with Crippen LogP contribution in [0.3, 0.4) is 0 Å². The maximum Gasteiger partial charge on any atom is 0.414 e. The molecule has 0 atom stereocenters. The van der Waals surface area contributed by atoms with Crippen LogP contribution in [0.1, 0.15) is 0 Å². The summed E-state index contributed by atoms with van der Waals surface area (Å²) in [5.74, 6) is -0.656. The van der Waals surface area contributed by atoms with Gasteiger partial charge in [-0.25, -0.2) is 14.8 Å². The van der Waals surface area contributed by atoms with Gasteiger partial charge in [0.05, 0.1) is 10.7 Å². The molecule has 2 aromatic rings. The number of rotatable bonds is 2. The Kier molecular flexibility index (Phi) is 3.73. The van der Waals surface area contributed by atoms with E-state index in [9.17, 15) is 9.18 Å². The number of nitrogens with zero attached hydrogens (tertiary/aromatic N) is 2. The zero-order valence-electron chi connectivity index (χ0n) is 9.11.